The highest BCUT2D eigenvalue weighted by atomic mass is 32.1. The number of nitrogens with zero attached hydrogens (tertiary/aromatic N) is 2. The van der Waals surface area contributed by atoms with Crippen molar-refractivity contribution in [2.45, 2.75) is 13.5 Å². The molecule has 0 bridgehead atoms. The first-order valence-corrected chi connectivity index (χ1v) is 6.76. The SMILES string of the molecule is CCN(Cc1ccncc1)c1ccc(F)cc1C(N)=S. The smallest absolute Gasteiger partial charge is 0.124 e. The highest BCUT2D eigenvalue weighted by molar-refractivity contribution is 7.80. The molecule has 0 aliphatic rings. The number of hydrogen-bond acceptors (Lipinski definition) is 3. The summed E-state index contributed by atoms with van der Waals surface area (Å²) >= 11 is 5.02. The third kappa shape index (κ3) is 3.30. The molecule has 104 valence electrons. The minimum absolute atomic E-state index is 0.202. The maximum absolute atomic E-state index is 13.4. The molecule has 0 aliphatic carbocycles. The molecule has 1 aromatic heterocycles. The van der Waals surface area contributed by atoms with Crippen molar-refractivity contribution in [1.82, 2.24) is 4.98 Å². The van der Waals surface area contributed by atoms with Crippen LogP contribution in [0.15, 0.2) is 42.7 Å². The first kappa shape index (κ1) is 14.4. The Morgan fingerprint density at radius 2 is 2.00 bits per heavy atom. The Hall–Kier alpha value is -2.01. The summed E-state index contributed by atoms with van der Waals surface area (Å²) in [6.45, 7) is 3.50. The molecule has 1 aromatic carbocycles. The molecule has 0 atom stereocenters. The Kier molecular flexibility index (Phi) is 4.63. The van der Waals surface area contributed by atoms with Gasteiger partial charge in [0.2, 0.25) is 0 Å². The standard InChI is InChI=1S/C15H16FN3S/c1-2-19(10-11-5-7-18-8-6-11)14-4-3-12(16)9-13(14)15(17)20/h3-9H,2,10H2,1H3,(H2,17,20). The number of aromatic nitrogens is 1. The number of pyridine rings is 1. The van der Waals surface area contributed by atoms with Crippen LogP contribution in [0.4, 0.5) is 10.1 Å². The first-order chi connectivity index (χ1) is 9.61. The van der Waals surface area contributed by atoms with Crippen molar-refractivity contribution in [3.63, 3.8) is 0 Å². The number of halogens is 1. The highest BCUT2D eigenvalue weighted by Crippen LogP contribution is 2.23. The van der Waals surface area contributed by atoms with Gasteiger partial charge in [-0.2, -0.15) is 0 Å². The van der Waals surface area contributed by atoms with E-state index in [0.29, 0.717) is 12.1 Å². The molecule has 0 saturated carbocycles. The van der Waals surface area contributed by atoms with Gasteiger partial charge in [0, 0.05) is 36.7 Å². The lowest BCUT2D eigenvalue weighted by Crippen LogP contribution is -2.25. The second kappa shape index (κ2) is 6.43. The van der Waals surface area contributed by atoms with Crippen LogP contribution in [0.1, 0.15) is 18.1 Å². The monoisotopic (exact) mass is 289 g/mol. The van der Waals surface area contributed by atoms with Crippen LogP contribution in [0.2, 0.25) is 0 Å². The lowest BCUT2D eigenvalue weighted by molar-refractivity contribution is 0.627. The fraction of sp³-hybridized carbons (Fsp3) is 0.200. The van der Waals surface area contributed by atoms with E-state index in [9.17, 15) is 4.39 Å². The van der Waals surface area contributed by atoms with Crippen molar-refractivity contribution in [3.05, 3.63) is 59.7 Å². The molecule has 2 aromatic rings. The Balaban J connectivity index is 2.34. The molecular formula is C15H16FN3S. The third-order valence-electron chi connectivity index (χ3n) is 3.07. The molecule has 5 heteroatoms. The van der Waals surface area contributed by atoms with Gasteiger partial charge in [-0.15, -0.1) is 0 Å². The summed E-state index contributed by atoms with van der Waals surface area (Å²) < 4.78 is 13.4. The van der Waals surface area contributed by atoms with E-state index in [1.807, 2.05) is 19.1 Å². The maximum atomic E-state index is 13.4. The van der Waals surface area contributed by atoms with E-state index in [1.54, 1.807) is 18.5 Å². The fourth-order valence-corrected chi connectivity index (χ4v) is 2.22. The lowest BCUT2D eigenvalue weighted by Gasteiger charge is -2.25. The number of anilines is 1. The van der Waals surface area contributed by atoms with Crippen molar-refractivity contribution >= 4 is 22.9 Å². The van der Waals surface area contributed by atoms with E-state index >= 15 is 0 Å². The zero-order chi connectivity index (χ0) is 14.5. The molecule has 0 unspecified atom stereocenters. The van der Waals surface area contributed by atoms with Crippen molar-refractivity contribution in [2.24, 2.45) is 5.73 Å². The quantitative estimate of drug-likeness (QED) is 0.859. The van der Waals surface area contributed by atoms with E-state index in [1.165, 1.54) is 12.1 Å². The van der Waals surface area contributed by atoms with Gasteiger partial charge in [-0.1, -0.05) is 12.2 Å². The second-order valence-electron chi connectivity index (χ2n) is 4.40. The van der Waals surface area contributed by atoms with Gasteiger partial charge in [-0.05, 0) is 42.8 Å². The van der Waals surface area contributed by atoms with Gasteiger partial charge >= 0.3 is 0 Å². The van der Waals surface area contributed by atoms with E-state index in [-0.39, 0.29) is 10.8 Å². The highest BCUT2D eigenvalue weighted by Gasteiger charge is 2.13. The predicted octanol–water partition coefficient (Wildman–Crippen LogP) is 2.88. The Bertz CT molecular complexity index is 601. The number of nitrogens with two attached hydrogens (primary N) is 1. The summed E-state index contributed by atoms with van der Waals surface area (Å²) in [6, 6.07) is 8.42. The van der Waals surface area contributed by atoms with Crippen molar-refractivity contribution in [2.75, 3.05) is 11.4 Å². The van der Waals surface area contributed by atoms with Crippen molar-refractivity contribution < 1.29 is 4.39 Å². The van der Waals surface area contributed by atoms with Crippen LogP contribution in [0.25, 0.3) is 0 Å². The Morgan fingerprint density at radius 3 is 2.60 bits per heavy atom. The van der Waals surface area contributed by atoms with Crippen LogP contribution in [0.3, 0.4) is 0 Å². The maximum Gasteiger partial charge on any atom is 0.124 e. The molecule has 20 heavy (non-hydrogen) atoms. The molecule has 0 fully saturated rings. The molecule has 0 aliphatic heterocycles. The summed E-state index contributed by atoms with van der Waals surface area (Å²) in [5.74, 6) is -0.337. The molecule has 0 amide bonds. The number of rotatable bonds is 5. The van der Waals surface area contributed by atoms with E-state index in [0.717, 1.165) is 17.8 Å². The van der Waals surface area contributed by atoms with Gasteiger partial charge in [0.25, 0.3) is 0 Å². The van der Waals surface area contributed by atoms with E-state index in [4.69, 9.17) is 18.0 Å². The predicted molar refractivity (Wildman–Crippen MR) is 83.2 cm³/mol. The average molecular weight is 289 g/mol. The largest absolute Gasteiger partial charge is 0.389 e. The summed E-state index contributed by atoms with van der Waals surface area (Å²) in [5.41, 5.74) is 8.23. The fourth-order valence-electron chi connectivity index (χ4n) is 2.06. The molecule has 0 saturated heterocycles. The van der Waals surface area contributed by atoms with Gasteiger partial charge < -0.3 is 10.6 Å². The van der Waals surface area contributed by atoms with Crippen LogP contribution in [-0.2, 0) is 6.54 Å². The summed E-state index contributed by atoms with van der Waals surface area (Å²) in [7, 11) is 0. The Morgan fingerprint density at radius 1 is 1.30 bits per heavy atom. The number of benzene rings is 1. The van der Waals surface area contributed by atoms with Gasteiger partial charge in [0.1, 0.15) is 10.8 Å². The van der Waals surface area contributed by atoms with Crippen LogP contribution in [0, 0.1) is 5.82 Å². The summed E-state index contributed by atoms with van der Waals surface area (Å²) in [4.78, 5) is 6.30. The molecule has 0 radical (unpaired) electrons. The second-order valence-corrected chi connectivity index (χ2v) is 4.84. The van der Waals surface area contributed by atoms with Crippen LogP contribution < -0.4 is 10.6 Å². The number of hydrogen-bond donors (Lipinski definition) is 1. The topological polar surface area (TPSA) is 42.2 Å². The molecule has 2 rings (SSSR count). The van der Waals surface area contributed by atoms with Crippen molar-refractivity contribution in [1.29, 1.82) is 0 Å². The summed E-state index contributed by atoms with van der Waals surface area (Å²) in [6.07, 6.45) is 3.50. The van der Waals surface area contributed by atoms with Crippen LogP contribution in [-0.4, -0.2) is 16.5 Å². The third-order valence-corrected chi connectivity index (χ3v) is 3.29. The normalized spacial score (nSPS) is 10.3. The Labute approximate surface area is 123 Å². The minimum atomic E-state index is -0.337. The molecule has 1 heterocycles. The molecule has 0 spiro atoms. The molecule has 2 N–H and O–H groups in total. The van der Waals surface area contributed by atoms with Crippen LogP contribution in [0.5, 0.6) is 0 Å². The first-order valence-electron chi connectivity index (χ1n) is 6.35. The zero-order valence-electron chi connectivity index (χ0n) is 11.2. The van der Waals surface area contributed by atoms with Gasteiger partial charge in [-0.25, -0.2) is 4.39 Å². The number of thiocarbonyl (C=S) groups is 1. The zero-order valence-corrected chi connectivity index (χ0v) is 12.0. The van der Waals surface area contributed by atoms with Crippen molar-refractivity contribution in [3.8, 4) is 0 Å². The van der Waals surface area contributed by atoms with E-state index in [2.05, 4.69) is 9.88 Å². The molecule has 3 nitrogen and oxygen atoms in total. The lowest BCUT2D eigenvalue weighted by atomic mass is 10.1. The average Bonchev–Trinajstić information content (AvgIpc) is 2.46. The minimum Gasteiger partial charge on any atom is -0.389 e. The van der Waals surface area contributed by atoms with Gasteiger partial charge in [0.15, 0.2) is 0 Å². The van der Waals surface area contributed by atoms with Gasteiger partial charge in [0.05, 0.1) is 0 Å². The molecular weight excluding hydrogens is 273 g/mol. The van der Waals surface area contributed by atoms with Crippen LogP contribution >= 0.6 is 12.2 Å². The van der Waals surface area contributed by atoms with E-state index < -0.39 is 0 Å². The van der Waals surface area contributed by atoms with Gasteiger partial charge in [-0.3, -0.25) is 4.98 Å². The summed E-state index contributed by atoms with van der Waals surface area (Å²) in [5, 5.41) is 0.